The smallest absolute Gasteiger partial charge is 0.168 e. The number of benzene rings is 2. The minimum Gasteiger partial charge on any atom is -0.276 e. The lowest BCUT2D eigenvalue weighted by molar-refractivity contribution is 0.617. The Balaban J connectivity index is 1.78. The first-order valence-electron chi connectivity index (χ1n) is 7.93. The van der Waals surface area contributed by atoms with E-state index in [1.807, 2.05) is 49.4 Å². The maximum absolute atomic E-state index is 14.2. The quantitative estimate of drug-likeness (QED) is 0.557. The van der Waals surface area contributed by atoms with E-state index in [0.717, 1.165) is 16.8 Å². The topological polar surface area (TPSA) is 43.6 Å². The van der Waals surface area contributed by atoms with Crippen molar-refractivity contribution < 1.29 is 4.39 Å². The molecule has 0 spiro atoms. The van der Waals surface area contributed by atoms with Crippen molar-refractivity contribution in [2.24, 2.45) is 0 Å². The zero-order chi connectivity index (χ0) is 17.2. The lowest BCUT2D eigenvalue weighted by Crippen LogP contribution is -2.02. The predicted molar refractivity (Wildman–Crippen MR) is 94.7 cm³/mol. The summed E-state index contributed by atoms with van der Waals surface area (Å²) >= 11 is 0. The molecule has 2 aromatic carbocycles. The number of aryl methyl sites for hydroxylation is 1. The first kappa shape index (κ1) is 15.2. The van der Waals surface area contributed by atoms with Gasteiger partial charge < -0.3 is 0 Å². The van der Waals surface area contributed by atoms with Crippen LogP contribution >= 0.6 is 0 Å². The van der Waals surface area contributed by atoms with E-state index >= 15 is 0 Å². The molecule has 0 fully saturated rings. The van der Waals surface area contributed by atoms with Crippen LogP contribution in [0.1, 0.15) is 5.82 Å². The molecule has 0 aliphatic heterocycles. The van der Waals surface area contributed by atoms with Gasteiger partial charge in [-0.2, -0.15) is 0 Å². The summed E-state index contributed by atoms with van der Waals surface area (Å²) in [4.78, 5) is 4.35. The molecule has 0 saturated carbocycles. The normalized spacial score (nSPS) is 10.8. The third kappa shape index (κ3) is 2.80. The number of rotatable bonds is 3. The van der Waals surface area contributed by atoms with Gasteiger partial charge in [0.2, 0.25) is 0 Å². The van der Waals surface area contributed by atoms with Crippen LogP contribution in [0, 0.1) is 12.7 Å². The Bertz CT molecular complexity index is 1010. The maximum Gasteiger partial charge on any atom is 0.168 e. The molecule has 5 heteroatoms. The Labute approximate surface area is 144 Å². The number of nitrogens with zero attached hydrogens (tertiary/aromatic N) is 4. The Hall–Kier alpha value is -3.34. The number of hydrogen-bond acceptors (Lipinski definition) is 3. The Morgan fingerprint density at radius 3 is 2.24 bits per heavy atom. The highest BCUT2D eigenvalue weighted by Gasteiger charge is 2.15. The van der Waals surface area contributed by atoms with Gasteiger partial charge in [0, 0.05) is 17.3 Å². The Morgan fingerprint density at radius 1 is 0.800 bits per heavy atom. The molecule has 0 aliphatic rings. The van der Waals surface area contributed by atoms with Gasteiger partial charge in [-0.15, -0.1) is 10.2 Å². The summed E-state index contributed by atoms with van der Waals surface area (Å²) in [5.74, 6) is 0.931. The number of halogens is 1. The largest absolute Gasteiger partial charge is 0.276 e. The van der Waals surface area contributed by atoms with E-state index in [0.29, 0.717) is 17.3 Å². The minimum absolute atomic E-state index is 0.309. The monoisotopic (exact) mass is 330 g/mol. The Morgan fingerprint density at radius 2 is 1.52 bits per heavy atom. The van der Waals surface area contributed by atoms with Crippen molar-refractivity contribution in [2.75, 3.05) is 0 Å². The van der Waals surface area contributed by atoms with Gasteiger partial charge in [0.25, 0.3) is 0 Å². The minimum atomic E-state index is -0.309. The van der Waals surface area contributed by atoms with Crippen molar-refractivity contribution in [3.8, 4) is 28.3 Å². The molecule has 4 rings (SSSR count). The van der Waals surface area contributed by atoms with Crippen molar-refractivity contribution in [3.05, 3.63) is 84.6 Å². The second-order valence-electron chi connectivity index (χ2n) is 5.65. The van der Waals surface area contributed by atoms with Crippen molar-refractivity contribution >= 4 is 0 Å². The van der Waals surface area contributed by atoms with E-state index in [2.05, 4.69) is 15.2 Å². The van der Waals surface area contributed by atoms with Crippen LogP contribution in [0.2, 0.25) is 0 Å². The van der Waals surface area contributed by atoms with E-state index < -0.39 is 0 Å². The predicted octanol–water partition coefficient (Wildman–Crippen LogP) is 4.44. The highest BCUT2D eigenvalue weighted by molar-refractivity contribution is 5.66. The zero-order valence-corrected chi connectivity index (χ0v) is 13.6. The SMILES string of the molecule is Cc1nnc(-c2ccc(-c3ccccn3)cc2)n1-c1ccccc1F. The molecule has 4 nitrogen and oxygen atoms in total. The van der Waals surface area contributed by atoms with Crippen LogP contribution in [-0.2, 0) is 0 Å². The van der Waals surface area contributed by atoms with Crippen molar-refractivity contribution in [2.45, 2.75) is 6.92 Å². The summed E-state index contributed by atoms with van der Waals surface area (Å²) in [5.41, 5.74) is 3.22. The molecule has 0 atom stereocenters. The summed E-state index contributed by atoms with van der Waals surface area (Å²) in [7, 11) is 0. The molecule has 0 unspecified atom stereocenters. The van der Waals surface area contributed by atoms with Crippen molar-refractivity contribution in [1.29, 1.82) is 0 Å². The molecule has 0 saturated heterocycles. The third-order valence-corrected chi connectivity index (χ3v) is 4.02. The average Bonchev–Trinajstić information content (AvgIpc) is 3.04. The number of hydrogen-bond donors (Lipinski definition) is 0. The van der Waals surface area contributed by atoms with Crippen LogP contribution < -0.4 is 0 Å². The fraction of sp³-hybridized carbons (Fsp3) is 0.0500. The summed E-state index contributed by atoms with van der Waals surface area (Å²) < 4.78 is 16.0. The summed E-state index contributed by atoms with van der Waals surface area (Å²) in [5, 5.41) is 8.36. The number of aromatic nitrogens is 4. The molecule has 0 aliphatic carbocycles. The van der Waals surface area contributed by atoms with Gasteiger partial charge in [-0.3, -0.25) is 9.55 Å². The number of pyridine rings is 1. The highest BCUT2D eigenvalue weighted by atomic mass is 19.1. The number of para-hydroxylation sites is 1. The first-order chi connectivity index (χ1) is 12.2. The van der Waals surface area contributed by atoms with E-state index in [9.17, 15) is 4.39 Å². The fourth-order valence-electron chi connectivity index (χ4n) is 2.79. The van der Waals surface area contributed by atoms with E-state index in [1.165, 1.54) is 6.07 Å². The lowest BCUT2D eigenvalue weighted by atomic mass is 10.1. The summed E-state index contributed by atoms with van der Waals surface area (Å²) in [6.07, 6.45) is 1.77. The molecule has 2 heterocycles. The zero-order valence-electron chi connectivity index (χ0n) is 13.6. The summed E-state index contributed by atoms with van der Waals surface area (Å²) in [6.45, 7) is 1.81. The van der Waals surface area contributed by atoms with Crippen LogP contribution in [0.25, 0.3) is 28.3 Å². The molecular weight excluding hydrogens is 315 g/mol. The van der Waals surface area contributed by atoms with E-state index in [4.69, 9.17) is 0 Å². The van der Waals surface area contributed by atoms with Gasteiger partial charge in [0.15, 0.2) is 5.82 Å². The standard InChI is InChI=1S/C20H15FN4/c1-14-23-24-20(25(14)19-8-3-2-6-17(19)21)16-11-9-15(10-12-16)18-7-4-5-13-22-18/h2-13H,1H3. The average molecular weight is 330 g/mol. The first-order valence-corrected chi connectivity index (χ1v) is 7.93. The molecule has 122 valence electrons. The van der Waals surface area contributed by atoms with Crippen LogP contribution in [0.5, 0.6) is 0 Å². The van der Waals surface area contributed by atoms with Gasteiger partial charge in [0.1, 0.15) is 11.6 Å². The van der Waals surface area contributed by atoms with Crippen LogP contribution in [0.15, 0.2) is 72.9 Å². The van der Waals surface area contributed by atoms with Crippen molar-refractivity contribution in [1.82, 2.24) is 19.7 Å². The fourth-order valence-corrected chi connectivity index (χ4v) is 2.79. The Kier molecular flexibility index (Phi) is 3.82. The van der Waals surface area contributed by atoms with Gasteiger partial charge in [0.05, 0.1) is 11.4 Å². The third-order valence-electron chi connectivity index (χ3n) is 4.02. The van der Waals surface area contributed by atoms with Gasteiger partial charge in [-0.25, -0.2) is 4.39 Å². The lowest BCUT2D eigenvalue weighted by Gasteiger charge is -2.10. The highest BCUT2D eigenvalue weighted by Crippen LogP contribution is 2.26. The molecular formula is C20H15FN4. The van der Waals surface area contributed by atoms with Crippen LogP contribution in [0.4, 0.5) is 4.39 Å². The molecule has 0 amide bonds. The molecule has 0 radical (unpaired) electrons. The van der Waals surface area contributed by atoms with E-state index in [-0.39, 0.29) is 5.82 Å². The summed E-state index contributed by atoms with van der Waals surface area (Å²) in [6, 6.07) is 20.3. The van der Waals surface area contributed by atoms with Crippen molar-refractivity contribution in [3.63, 3.8) is 0 Å². The second-order valence-corrected chi connectivity index (χ2v) is 5.65. The van der Waals surface area contributed by atoms with Crippen LogP contribution in [-0.4, -0.2) is 19.7 Å². The molecule has 25 heavy (non-hydrogen) atoms. The van der Waals surface area contributed by atoms with Gasteiger partial charge >= 0.3 is 0 Å². The molecule has 0 bridgehead atoms. The second kappa shape index (κ2) is 6.28. The van der Waals surface area contributed by atoms with Gasteiger partial charge in [-0.1, -0.05) is 42.5 Å². The maximum atomic E-state index is 14.2. The molecule has 0 N–H and O–H groups in total. The molecule has 2 aromatic heterocycles. The van der Waals surface area contributed by atoms with Gasteiger partial charge in [-0.05, 0) is 31.2 Å². The van der Waals surface area contributed by atoms with Crippen LogP contribution in [0.3, 0.4) is 0 Å². The van der Waals surface area contributed by atoms with E-state index in [1.54, 1.807) is 29.0 Å². The molecule has 4 aromatic rings.